The van der Waals surface area contributed by atoms with Crippen molar-refractivity contribution in [1.29, 1.82) is 0 Å². The Morgan fingerprint density at radius 1 is 1.45 bits per heavy atom. The molecule has 0 fully saturated rings. The smallest absolute Gasteiger partial charge is 0.112 e. The first kappa shape index (κ1) is 9.98. The Morgan fingerprint density at radius 2 is 2.09 bits per heavy atom. The van der Waals surface area contributed by atoms with E-state index in [-0.39, 0.29) is 0 Å². The number of hydrogen-bond donors (Lipinski definition) is 1. The van der Waals surface area contributed by atoms with Crippen LogP contribution in [0.1, 0.15) is 6.92 Å². The second kappa shape index (κ2) is 5.74. The second-order valence-corrected chi connectivity index (χ2v) is 2.28. The zero-order chi connectivity index (χ0) is 8.69. The van der Waals surface area contributed by atoms with Gasteiger partial charge in [-0.05, 0) is 13.0 Å². The van der Waals surface area contributed by atoms with Gasteiger partial charge in [0, 0.05) is 6.54 Å². The molecule has 0 aliphatic carbocycles. The third-order valence-electron chi connectivity index (χ3n) is 0.959. The number of ether oxygens (including phenoxy) is 1. The molecule has 62 valence electrons. The Balaban J connectivity index is 3.60. The van der Waals surface area contributed by atoms with Gasteiger partial charge in [0.2, 0.25) is 0 Å². The number of nitrogens with two attached hydrogens (primary N) is 1. The molecule has 0 aromatic rings. The Hall–Kier alpha value is -1.02. The Kier molecular flexibility index (Phi) is 5.21. The largest absolute Gasteiger partial charge is 0.493 e. The first-order valence-electron chi connectivity index (χ1n) is 3.52. The number of rotatable bonds is 5. The molecule has 0 radical (unpaired) electrons. The molecule has 2 N–H and O–H groups in total. The number of hydrogen-bond acceptors (Lipinski definition) is 2. The van der Waals surface area contributed by atoms with Crippen LogP contribution in [-0.4, -0.2) is 13.2 Å². The summed E-state index contributed by atoms with van der Waals surface area (Å²) in [6, 6.07) is 0. The Morgan fingerprint density at radius 3 is 2.55 bits per heavy atom. The van der Waals surface area contributed by atoms with Crippen LogP contribution in [0.2, 0.25) is 0 Å². The SMILES string of the molecule is C=C(C)/C=C\C(=C)OCCN. The standard InChI is InChI=1S/C9H15NO/c1-8(2)4-5-9(3)11-7-6-10/h4-5H,1,3,6-7,10H2,2H3/b5-4-. The van der Waals surface area contributed by atoms with Crippen molar-refractivity contribution >= 4 is 0 Å². The minimum Gasteiger partial charge on any atom is -0.493 e. The number of allylic oxidation sites excluding steroid dienone is 3. The maximum atomic E-state index is 5.23. The quantitative estimate of drug-likeness (QED) is 0.481. The van der Waals surface area contributed by atoms with Crippen molar-refractivity contribution in [2.45, 2.75) is 6.92 Å². The molecule has 0 rings (SSSR count). The molecule has 0 aromatic carbocycles. The van der Waals surface area contributed by atoms with E-state index in [2.05, 4.69) is 13.2 Å². The second-order valence-electron chi connectivity index (χ2n) is 2.28. The van der Waals surface area contributed by atoms with Crippen LogP contribution in [0.15, 0.2) is 36.6 Å². The molecular weight excluding hydrogens is 138 g/mol. The van der Waals surface area contributed by atoms with Crippen molar-refractivity contribution in [3.05, 3.63) is 36.6 Å². The molecule has 0 saturated heterocycles. The van der Waals surface area contributed by atoms with Crippen molar-refractivity contribution in [2.75, 3.05) is 13.2 Å². The third-order valence-corrected chi connectivity index (χ3v) is 0.959. The minimum atomic E-state index is 0.513. The van der Waals surface area contributed by atoms with Gasteiger partial charge in [-0.3, -0.25) is 0 Å². The highest BCUT2D eigenvalue weighted by Crippen LogP contribution is 1.98. The van der Waals surface area contributed by atoms with Crippen molar-refractivity contribution < 1.29 is 4.74 Å². The van der Waals surface area contributed by atoms with Crippen LogP contribution < -0.4 is 5.73 Å². The van der Waals surface area contributed by atoms with Crippen molar-refractivity contribution in [2.24, 2.45) is 5.73 Å². The van der Waals surface area contributed by atoms with Gasteiger partial charge in [0.05, 0.1) is 0 Å². The summed E-state index contributed by atoms with van der Waals surface area (Å²) in [5.74, 6) is 0.624. The van der Waals surface area contributed by atoms with Crippen molar-refractivity contribution in [3.63, 3.8) is 0 Å². The van der Waals surface area contributed by atoms with E-state index in [1.165, 1.54) is 0 Å². The molecule has 0 spiro atoms. The predicted octanol–water partition coefficient (Wildman–Crippen LogP) is 1.61. The highest BCUT2D eigenvalue weighted by molar-refractivity contribution is 5.19. The third kappa shape index (κ3) is 6.87. The van der Waals surface area contributed by atoms with Crippen LogP contribution in [0, 0.1) is 0 Å². The predicted molar refractivity (Wildman–Crippen MR) is 48.1 cm³/mol. The molecule has 0 aliphatic heterocycles. The van der Waals surface area contributed by atoms with Crippen LogP contribution in [0.3, 0.4) is 0 Å². The zero-order valence-electron chi connectivity index (χ0n) is 6.97. The fourth-order valence-corrected chi connectivity index (χ4v) is 0.473. The molecule has 0 aromatic heterocycles. The molecular formula is C9H15NO. The van der Waals surface area contributed by atoms with Crippen LogP contribution in [0.25, 0.3) is 0 Å². The Labute approximate surface area is 68.0 Å². The normalized spacial score (nSPS) is 10.0. The van der Waals surface area contributed by atoms with Crippen LogP contribution in [0.5, 0.6) is 0 Å². The van der Waals surface area contributed by atoms with E-state index in [9.17, 15) is 0 Å². The van der Waals surface area contributed by atoms with E-state index in [4.69, 9.17) is 10.5 Å². The lowest BCUT2D eigenvalue weighted by Crippen LogP contribution is -2.06. The molecule has 0 atom stereocenters. The summed E-state index contributed by atoms with van der Waals surface area (Å²) in [6.45, 7) is 10.3. The van der Waals surface area contributed by atoms with E-state index in [1.807, 2.05) is 13.0 Å². The van der Waals surface area contributed by atoms with Gasteiger partial charge in [-0.25, -0.2) is 0 Å². The fourth-order valence-electron chi connectivity index (χ4n) is 0.473. The monoisotopic (exact) mass is 153 g/mol. The summed E-state index contributed by atoms with van der Waals surface area (Å²) in [4.78, 5) is 0. The van der Waals surface area contributed by atoms with Gasteiger partial charge >= 0.3 is 0 Å². The summed E-state index contributed by atoms with van der Waals surface area (Å²) in [5.41, 5.74) is 6.20. The average molecular weight is 153 g/mol. The highest BCUT2D eigenvalue weighted by Gasteiger charge is 1.85. The van der Waals surface area contributed by atoms with E-state index in [1.54, 1.807) is 6.08 Å². The topological polar surface area (TPSA) is 35.2 Å². The first-order valence-corrected chi connectivity index (χ1v) is 3.52. The molecule has 0 aliphatic rings. The fraction of sp³-hybridized carbons (Fsp3) is 0.333. The summed E-state index contributed by atoms with van der Waals surface area (Å²) in [5, 5.41) is 0. The van der Waals surface area contributed by atoms with Gasteiger partial charge in [-0.2, -0.15) is 0 Å². The van der Waals surface area contributed by atoms with Gasteiger partial charge in [0.1, 0.15) is 12.4 Å². The van der Waals surface area contributed by atoms with Crippen LogP contribution in [-0.2, 0) is 4.74 Å². The summed E-state index contributed by atoms with van der Waals surface area (Å²) < 4.78 is 5.09. The molecule has 0 bridgehead atoms. The van der Waals surface area contributed by atoms with Gasteiger partial charge in [-0.15, -0.1) is 0 Å². The maximum absolute atomic E-state index is 5.23. The maximum Gasteiger partial charge on any atom is 0.112 e. The van der Waals surface area contributed by atoms with E-state index < -0.39 is 0 Å². The van der Waals surface area contributed by atoms with Crippen molar-refractivity contribution in [3.8, 4) is 0 Å². The lowest BCUT2D eigenvalue weighted by molar-refractivity contribution is 0.235. The van der Waals surface area contributed by atoms with Crippen molar-refractivity contribution in [1.82, 2.24) is 0 Å². The molecule has 0 unspecified atom stereocenters. The van der Waals surface area contributed by atoms with E-state index in [0.717, 1.165) is 5.57 Å². The van der Waals surface area contributed by atoms with Gasteiger partial charge in [0.25, 0.3) is 0 Å². The van der Waals surface area contributed by atoms with Gasteiger partial charge in [0.15, 0.2) is 0 Å². The van der Waals surface area contributed by atoms with E-state index >= 15 is 0 Å². The summed E-state index contributed by atoms with van der Waals surface area (Å²) in [6.07, 6.45) is 3.62. The molecule has 0 amide bonds. The molecule has 2 nitrogen and oxygen atoms in total. The summed E-state index contributed by atoms with van der Waals surface area (Å²) >= 11 is 0. The molecule has 2 heteroatoms. The van der Waals surface area contributed by atoms with E-state index in [0.29, 0.717) is 18.9 Å². The highest BCUT2D eigenvalue weighted by atomic mass is 16.5. The van der Waals surface area contributed by atoms with Gasteiger partial charge < -0.3 is 10.5 Å². The van der Waals surface area contributed by atoms with Gasteiger partial charge in [-0.1, -0.05) is 24.8 Å². The van der Waals surface area contributed by atoms with Crippen LogP contribution in [0.4, 0.5) is 0 Å². The zero-order valence-corrected chi connectivity index (χ0v) is 6.97. The Bertz CT molecular complexity index is 170. The molecule has 11 heavy (non-hydrogen) atoms. The minimum absolute atomic E-state index is 0.513. The first-order chi connectivity index (χ1) is 5.16. The lowest BCUT2D eigenvalue weighted by Gasteiger charge is -2.01. The lowest BCUT2D eigenvalue weighted by atomic mass is 10.3. The molecule has 0 saturated carbocycles. The van der Waals surface area contributed by atoms with Crippen LogP contribution >= 0.6 is 0 Å². The summed E-state index contributed by atoms with van der Waals surface area (Å²) in [7, 11) is 0. The molecule has 0 heterocycles. The average Bonchev–Trinajstić information content (AvgIpc) is 1.97.